The lowest BCUT2D eigenvalue weighted by molar-refractivity contribution is 0.0994. The summed E-state index contributed by atoms with van der Waals surface area (Å²) in [5, 5.41) is 2.18. The molecule has 3 aromatic rings. The van der Waals surface area contributed by atoms with E-state index in [9.17, 15) is 4.79 Å². The van der Waals surface area contributed by atoms with Gasteiger partial charge in [-0.05, 0) is 66.7 Å². The molecule has 1 N–H and O–H groups in total. The highest BCUT2D eigenvalue weighted by Gasteiger charge is 2.29. The maximum atomic E-state index is 12.7. The van der Waals surface area contributed by atoms with Gasteiger partial charge < -0.3 is 19.3 Å². The molecule has 5 rings (SSSR count). The van der Waals surface area contributed by atoms with E-state index in [-0.39, 0.29) is 5.91 Å². The lowest BCUT2D eigenvalue weighted by Crippen LogP contribution is -2.36. The first-order valence-corrected chi connectivity index (χ1v) is 10.8. The van der Waals surface area contributed by atoms with Crippen molar-refractivity contribution in [1.29, 1.82) is 0 Å². The topological polar surface area (TPSA) is 44.8 Å². The van der Waals surface area contributed by atoms with Crippen LogP contribution in [-0.4, -0.2) is 38.8 Å². The summed E-state index contributed by atoms with van der Waals surface area (Å²) in [5.41, 5.74) is 4.10. The summed E-state index contributed by atoms with van der Waals surface area (Å²) in [4.78, 5) is 18.0. The Hall–Kier alpha value is -2.70. The summed E-state index contributed by atoms with van der Waals surface area (Å²) in [7, 11) is 0. The SMILES string of the molecule is CCN1C(=O)c2cccc3c(SNc4ccc(N5CCOCC5)cc4)ccc1c23. The third-order valence-corrected chi connectivity index (χ3v) is 6.50. The molecule has 148 valence electrons. The van der Waals surface area contributed by atoms with E-state index in [2.05, 4.69) is 52.1 Å². The number of nitrogens with one attached hydrogen (secondary N) is 1. The molecule has 2 aliphatic heterocycles. The first-order chi connectivity index (χ1) is 14.3. The van der Waals surface area contributed by atoms with E-state index in [1.807, 2.05) is 24.0 Å². The van der Waals surface area contributed by atoms with Gasteiger partial charge in [0, 0.05) is 46.9 Å². The van der Waals surface area contributed by atoms with Crippen LogP contribution in [0.1, 0.15) is 17.3 Å². The molecule has 0 saturated carbocycles. The number of hydrogen-bond donors (Lipinski definition) is 1. The average molecular weight is 406 g/mol. The zero-order chi connectivity index (χ0) is 19.8. The molecule has 0 atom stereocenters. The van der Waals surface area contributed by atoms with Crippen molar-refractivity contribution in [3.63, 3.8) is 0 Å². The number of amides is 1. The van der Waals surface area contributed by atoms with Crippen LogP contribution in [0.2, 0.25) is 0 Å². The Morgan fingerprint density at radius 1 is 1.03 bits per heavy atom. The summed E-state index contributed by atoms with van der Waals surface area (Å²) in [6, 6.07) is 18.7. The Morgan fingerprint density at radius 2 is 1.83 bits per heavy atom. The van der Waals surface area contributed by atoms with Gasteiger partial charge >= 0.3 is 0 Å². The normalized spacial score (nSPS) is 16.0. The lowest BCUT2D eigenvalue weighted by Gasteiger charge is -2.28. The molecule has 2 aliphatic rings. The van der Waals surface area contributed by atoms with Gasteiger partial charge in [-0.3, -0.25) is 4.79 Å². The van der Waals surface area contributed by atoms with Gasteiger partial charge in [0.25, 0.3) is 5.91 Å². The summed E-state index contributed by atoms with van der Waals surface area (Å²) < 4.78 is 8.88. The van der Waals surface area contributed by atoms with Crippen LogP contribution in [0.25, 0.3) is 10.8 Å². The van der Waals surface area contributed by atoms with Crippen molar-refractivity contribution in [2.75, 3.05) is 47.4 Å². The van der Waals surface area contributed by atoms with E-state index in [0.29, 0.717) is 6.54 Å². The van der Waals surface area contributed by atoms with Crippen LogP contribution >= 0.6 is 11.9 Å². The lowest BCUT2D eigenvalue weighted by atomic mass is 10.1. The molecule has 6 heteroatoms. The molecule has 1 fully saturated rings. The fourth-order valence-electron chi connectivity index (χ4n) is 4.10. The minimum absolute atomic E-state index is 0.0990. The molecule has 0 spiro atoms. The monoisotopic (exact) mass is 405 g/mol. The first-order valence-electron chi connectivity index (χ1n) is 9.99. The number of anilines is 3. The third kappa shape index (κ3) is 3.22. The van der Waals surface area contributed by atoms with Gasteiger partial charge in [0.15, 0.2) is 0 Å². The third-order valence-electron chi connectivity index (χ3n) is 5.58. The predicted octanol–water partition coefficient (Wildman–Crippen LogP) is 4.78. The van der Waals surface area contributed by atoms with Crippen LogP contribution in [0.5, 0.6) is 0 Å². The Labute approximate surface area is 174 Å². The van der Waals surface area contributed by atoms with Gasteiger partial charge in [0.2, 0.25) is 0 Å². The maximum absolute atomic E-state index is 12.7. The van der Waals surface area contributed by atoms with E-state index < -0.39 is 0 Å². The number of hydrogen-bond acceptors (Lipinski definition) is 5. The van der Waals surface area contributed by atoms with E-state index in [1.165, 1.54) is 5.69 Å². The van der Waals surface area contributed by atoms with Gasteiger partial charge in [-0.1, -0.05) is 12.1 Å². The molecule has 0 aliphatic carbocycles. The number of carbonyl (C=O) groups excluding carboxylic acids is 1. The smallest absolute Gasteiger partial charge is 0.258 e. The number of nitrogens with zero attached hydrogens (tertiary/aromatic N) is 2. The Kier molecular flexibility index (Phi) is 4.81. The molecule has 5 nitrogen and oxygen atoms in total. The minimum atomic E-state index is 0.0990. The average Bonchev–Trinajstić information content (AvgIpc) is 3.07. The molecular weight excluding hydrogens is 382 g/mol. The second-order valence-corrected chi connectivity index (χ2v) is 8.06. The molecule has 1 amide bonds. The van der Waals surface area contributed by atoms with E-state index in [0.717, 1.165) is 58.9 Å². The van der Waals surface area contributed by atoms with Gasteiger partial charge in [-0.2, -0.15) is 0 Å². The predicted molar refractivity (Wildman–Crippen MR) is 120 cm³/mol. The molecule has 1 saturated heterocycles. The Balaban J connectivity index is 1.37. The number of carbonyl (C=O) groups is 1. The van der Waals surface area contributed by atoms with Crippen molar-refractivity contribution >= 4 is 45.7 Å². The fourth-order valence-corrected chi connectivity index (χ4v) is 4.88. The van der Waals surface area contributed by atoms with Crippen LogP contribution in [0.4, 0.5) is 17.1 Å². The van der Waals surface area contributed by atoms with E-state index in [1.54, 1.807) is 11.9 Å². The highest BCUT2D eigenvalue weighted by molar-refractivity contribution is 8.00. The van der Waals surface area contributed by atoms with Gasteiger partial charge in [-0.25, -0.2) is 0 Å². The molecule has 0 radical (unpaired) electrons. The zero-order valence-electron chi connectivity index (χ0n) is 16.4. The van der Waals surface area contributed by atoms with Crippen molar-refractivity contribution in [2.24, 2.45) is 0 Å². The molecule has 2 heterocycles. The van der Waals surface area contributed by atoms with Crippen molar-refractivity contribution in [1.82, 2.24) is 0 Å². The van der Waals surface area contributed by atoms with Crippen molar-refractivity contribution in [2.45, 2.75) is 11.8 Å². The number of rotatable bonds is 5. The highest BCUT2D eigenvalue weighted by atomic mass is 32.2. The highest BCUT2D eigenvalue weighted by Crippen LogP contribution is 2.41. The van der Waals surface area contributed by atoms with Crippen LogP contribution in [-0.2, 0) is 4.74 Å². The maximum Gasteiger partial charge on any atom is 0.258 e. The largest absolute Gasteiger partial charge is 0.378 e. The van der Waals surface area contributed by atoms with Crippen molar-refractivity contribution in [3.05, 3.63) is 60.2 Å². The number of benzene rings is 3. The second-order valence-electron chi connectivity index (χ2n) is 7.21. The molecule has 0 unspecified atom stereocenters. The Bertz CT molecular complexity index is 1060. The summed E-state index contributed by atoms with van der Waals surface area (Å²) in [5.74, 6) is 0.0990. The Morgan fingerprint density at radius 3 is 2.59 bits per heavy atom. The van der Waals surface area contributed by atoms with Crippen LogP contribution in [0.3, 0.4) is 0 Å². The van der Waals surface area contributed by atoms with Crippen LogP contribution in [0.15, 0.2) is 59.5 Å². The molecular formula is C23H23N3O2S. The van der Waals surface area contributed by atoms with Gasteiger partial charge in [-0.15, -0.1) is 0 Å². The van der Waals surface area contributed by atoms with E-state index in [4.69, 9.17) is 4.74 Å². The first kappa shape index (κ1) is 18.3. The van der Waals surface area contributed by atoms with E-state index >= 15 is 0 Å². The summed E-state index contributed by atoms with van der Waals surface area (Å²) in [6.07, 6.45) is 0. The summed E-state index contributed by atoms with van der Waals surface area (Å²) in [6.45, 7) is 6.16. The molecule has 0 bridgehead atoms. The molecule has 0 aromatic heterocycles. The van der Waals surface area contributed by atoms with Gasteiger partial charge in [0.1, 0.15) is 0 Å². The zero-order valence-corrected chi connectivity index (χ0v) is 17.2. The van der Waals surface area contributed by atoms with Crippen LogP contribution in [0, 0.1) is 0 Å². The van der Waals surface area contributed by atoms with Crippen molar-refractivity contribution < 1.29 is 9.53 Å². The standard InChI is InChI=1S/C23H23N3O2S/c1-2-26-20-10-11-21(18-4-3-5-19(22(18)20)23(26)27)29-24-16-6-8-17(9-7-16)25-12-14-28-15-13-25/h3-11,24H,2,12-15H2,1H3. The quantitative estimate of drug-likeness (QED) is 0.619. The molecule has 29 heavy (non-hydrogen) atoms. The minimum Gasteiger partial charge on any atom is -0.378 e. The fraction of sp³-hybridized carbons (Fsp3) is 0.261. The summed E-state index contributed by atoms with van der Waals surface area (Å²) >= 11 is 1.59. The number of ether oxygens (including phenoxy) is 1. The molecule has 3 aromatic carbocycles. The van der Waals surface area contributed by atoms with Crippen molar-refractivity contribution in [3.8, 4) is 0 Å². The second kappa shape index (κ2) is 7.61. The van der Waals surface area contributed by atoms with Gasteiger partial charge in [0.05, 0.1) is 18.9 Å². The number of morpholine rings is 1. The van der Waals surface area contributed by atoms with Crippen LogP contribution < -0.4 is 14.5 Å².